The molecule has 2 rings (SSSR count). The fourth-order valence-electron chi connectivity index (χ4n) is 1.77. The molecule has 1 atom stereocenters. The highest BCUT2D eigenvalue weighted by Gasteiger charge is 2.19. The highest BCUT2D eigenvalue weighted by atomic mass is 35.5. The maximum Gasteiger partial charge on any atom is 0.305 e. The van der Waals surface area contributed by atoms with Gasteiger partial charge in [0, 0.05) is 12.5 Å². The Hall–Kier alpha value is -1.46. The lowest BCUT2D eigenvalue weighted by atomic mass is 10.0. The van der Waals surface area contributed by atoms with Crippen LogP contribution in [0.3, 0.4) is 0 Å². The molecule has 0 saturated heterocycles. The summed E-state index contributed by atoms with van der Waals surface area (Å²) in [6.07, 6.45) is 0.623. The van der Waals surface area contributed by atoms with Crippen LogP contribution in [-0.2, 0) is 4.79 Å². The van der Waals surface area contributed by atoms with Gasteiger partial charge < -0.3 is 20.3 Å². The van der Waals surface area contributed by atoms with Gasteiger partial charge in [-0.15, -0.1) is 0 Å². The quantitative estimate of drug-likeness (QED) is 0.878. The molecule has 18 heavy (non-hydrogen) atoms. The summed E-state index contributed by atoms with van der Waals surface area (Å²) in [5.41, 5.74) is 6.43. The van der Waals surface area contributed by atoms with Gasteiger partial charge in [0.15, 0.2) is 11.5 Å². The number of hydrogen-bond donors (Lipinski definition) is 2. The number of halogens is 1. The molecule has 0 aliphatic carbocycles. The zero-order valence-corrected chi connectivity index (χ0v) is 10.4. The van der Waals surface area contributed by atoms with E-state index in [-0.39, 0.29) is 6.42 Å². The van der Waals surface area contributed by atoms with Gasteiger partial charge >= 0.3 is 5.97 Å². The van der Waals surface area contributed by atoms with Crippen LogP contribution < -0.4 is 15.2 Å². The molecule has 0 aromatic heterocycles. The van der Waals surface area contributed by atoms with Crippen molar-refractivity contribution in [3.8, 4) is 11.5 Å². The normalized spacial score (nSPS) is 15.9. The van der Waals surface area contributed by atoms with Crippen molar-refractivity contribution >= 4 is 17.6 Å². The molecule has 6 heteroatoms. The molecule has 0 saturated carbocycles. The number of rotatable bonds is 3. The maximum absolute atomic E-state index is 10.6. The molecule has 1 aromatic rings. The van der Waals surface area contributed by atoms with Crippen LogP contribution in [0.15, 0.2) is 12.1 Å². The van der Waals surface area contributed by atoms with Gasteiger partial charge in [0.2, 0.25) is 0 Å². The van der Waals surface area contributed by atoms with Crippen LogP contribution in [0.25, 0.3) is 0 Å². The lowest BCUT2D eigenvalue weighted by molar-refractivity contribution is -0.137. The summed E-state index contributed by atoms with van der Waals surface area (Å²) in [4.78, 5) is 10.6. The Morgan fingerprint density at radius 1 is 1.44 bits per heavy atom. The van der Waals surface area contributed by atoms with Crippen LogP contribution in [0, 0.1) is 0 Å². The number of carboxylic acid groups (broad SMARTS) is 1. The van der Waals surface area contributed by atoms with Crippen molar-refractivity contribution < 1.29 is 19.4 Å². The highest BCUT2D eigenvalue weighted by Crippen LogP contribution is 2.39. The summed E-state index contributed by atoms with van der Waals surface area (Å²) in [5, 5.41) is 9.12. The van der Waals surface area contributed by atoms with Crippen molar-refractivity contribution in [2.75, 3.05) is 13.2 Å². The Balaban J connectivity index is 2.31. The molecule has 0 radical (unpaired) electrons. The number of hydrogen-bond acceptors (Lipinski definition) is 4. The summed E-state index contributed by atoms with van der Waals surface area (Å²) < 4.78 is 11.0. The molecule has 0 fully saturated rings. The smallest absolute Gasteiger partial charge is 0.305 e. The second-order valence-electron chi connectivity index (χ2n) is 4.08. The SMILES string of the molecule is NC(CC(=O)O)c1cc(Cl)c2c(c1)OCCCO2. The van der Waals surface area contributed by atoms with E-state index in [0.29, 0.717) is 35.3 Å². The van der Waals surface area contributed by atoms with E-state index in [2.05, 4.69) is 0 Å². The van der Waals surface area contributed by atoms with E-state index < -0.39 is 12.0 Å². The van der Waals surface area contributed by atoms with Crippen LogP contribution in [0.1, 0.15) is 24.4 Å². The topological polar surface area (TPSA) is 81.8 Å². The number of benzene rings is 1. The van der Waals surface area contributed by atoms with Gasteiger partial charge in [-0.25, -0.2) is 0 Å². The molecule has 1 heterocycles. The lowest BCUT2D eigenvalue weighted by Gasteiger charge is -2.14. The molecule has 1 aromatic carbocycles. The van der Waals surface area contributed by atoms with E-state index in [1.54, 1.807) is 12.1 Å². The van der Waals surface area contributed by atoms with Crippen molar-refractivity contribution in [3.63, 3.8) is 0 Å². The average molecular weight is 272 g/mol. The molecular formula is C12H14ClNO4. The molecule has 0 spiro atoms. The first-order valence-electron chi connectivity index (χ1n) is 5.64. The fraction of sp³-hybridized carbons (Fsp3) is 0.417. The van der Waals surface area contributed by atoms with E-state index in [9.17, 15) is 4.79 Å². The minimum absolute atomic E-state index is 0.157. The van der Waals surface area contributed by atoms with Gasteiger partial charge in [-0.1, -0.05) is 11.6 Å². The van der Waals surface area contributed by atoms with Gasteiger partial charge in [-0.05, 0) is 17.7 Å². The first kappa shape index (κ1) is 13.0. The van der Waals surface area contributed by atoms with Gasteiger partial charge in [0.25, 0.3) is 0 Å². The van der Waals surface area contributed by atoms with E-state index in [1.165, 1.54) is 0 Å². The molecular weight excluding hydrogens is 258 g/mol. The van der Waals surface area contributed by atoms with Crippen LogP contribution >= 0.6 is 11.6 Å². The van der Waals surface area contributed by atoms with E-state index in [4.69, 9.17) is 31.9 Å². The van der Waals surface area contributed by atoms with Gasteiger partial charge in [-0.2, -0.15) is 0 Å². The van der Waals surface area contributed by atoms with E-state index >= 15 is 0 Å². The second kappa shape index (κ2) is 5.46. The first-order valence-corrected chi connectivity index (χ1v) is 6.02. The number of nitrogens with two attached hydrogens (primary N) is 1. The summed E-state index contributed by atoms with van der Waals surface area (Å²) in [5.74, 6) is 0.0713. The molecule has 3 N–H and O–H groups in total. The summed E-state index contributed by atoms with van der Waals surface area (Å²) in [6, 6.07) is 2.71. The monoisotopic (exact) mass is 271 g/mol. The van der Waals surface area contributed by atoms with Crippen LogP contribution in [0.4, 0.5) is 0 Å². The Morgan fingerprint density at radius 3 is 2.89 bits per heavy atom. The van der Waals surface area contributed by atoms with Crippen molar-refractivity contribution in [3.05, 3.63) is 22.7 Å². The number of carboxylic acids is 1. The zero-order valence-electron chi connectivity index (χ0n) is 9.69. The summed E-state index contributed by atoms with van der Waals surface area (Å²) >= 11 is 6.09. The molecule has 0 amide bonds. The molecule has 1 unspecified atom stereocenters. The minimum atomic E-state index is -0.953. The first-order chi connectivity index (χ1) is 8.58. The van der Waals surface area contributed by atoms with Gasteiger partial charge in [0.1, 0.15) is 0 Å². The third-order valence-corrected chi connectivity index (χ3v) is 2.93. The number of carbonyl (C=O) groups is 1. The number of ether oxygens (including phenoxy) is 2. The maximum atomic E-state index is 10.6. The molecule has 1 aliphatic heterocycles. The standard InChI is InChI=1S/C12H14ClNO4/c13-8-4-7(9(14)6-11(15)16)5-10-12(8)18-3-1-2-17-10/h4-5,9H,1-3,6,14H2,(H,15,16). The largest absolute Gasteiger partial charge is 0.489 e. The molecule has 0 bridgehead atoms. The fourth-order valence-corrected chi connectivity index (χ4v) is 2.04. The molecule has 98 valence electrons. The van der Waals surface area contributed by atoms with E-state index in [1.807, 2.05) is 0 Å². The van der Waals surface area contributed by atoms with Crippen molar-refractivity contribution in [1.29, 1.82) is 0 Å². The lowest BCUT2D eigenvalue weighted by Crippen LogP contribution is -2.15. The Labute approximate surface area is 109 Å². The minimum Gasteiger partial charge on any atom is -0.489 e. The zero-order chi connectivity index (χ0) is 13.1. The van der Waals surface area contributed by atoms with Crippen molar-refractivity contribution in [2.45, 2.75) is 18.9 Å². The van der Waals surface area contributed by atoms with Crippen LogP contribution in [0.5, 0.6) is 11.5 Å². The van der Waals surface area contributed by atoms with Crippen LogP contribution in [-0.4, -0.2) is 24.3 Å². The Kier molecular flexibility index (Phi) is 3.93. The third-order valence-electron chi connectivity index (χ3n) is 2.65. The summed E-state index contributed by atoms with van der Waals surface area (Å²) in [6.45, 7) is 1.09. The third kappa shape index (κ3) is 2.86. The average Bonchev–Trinajstić information content (AvgIpc) is 2.53. The highest BCUT2D eigenvalue weighted by molar-refractivity contribution is 6.32. The number of fused-ring (bicyclic) bond motifs is 1. The predicted octanol–water partition coefficient (Wildman–Crippen LogP) is 1.98. The van der Waals surface area contributed by atoms with Crippen molar-refractivity contribution in [1.82, 2.24) is 0 Å². The predicted molar refractivity (Wildman–Crippen MR) is 66.2 cm³/mol. The van der Waals surface area contributed by atoms with Gasteiger partial charge in [0.05, 0.1) is 24.7 Å². The molecule has 5 nitrogen and oxygen atoms in total. The Morgan fingerprint density at radius 2 is 2.17 bits per heavy atom. The van der Waals surface area contributed by atoms with E-state index in [0.717, 1.165) is 6.42 Å². The van der Waals surface area contributed by atoms with Crippen LogP contribution in [0.2, 0.25) is 5.02 Å². The Bertz CT molecular complexity index is 464. The van der Waals surface area contributed by atoms with Gasteiger partial charge in [-0.3, -0.25) is 4.79 Å². The number of aliphatic carboxylic acids is 1. The molecule has 1 aliphatic rings. The second-order valence-corrected chi connectivity index (χ2v) is 4.49. The summed E-state index contributed by atoms with van der Waals surface area (Å²) in [7, 11) is 0. The van der Waals surface area contributed by atoms with Crippen molar-refractivity contribution in [2.24, 2.45) is 5.73 Å².